The lowest BCUT2D eigenvalue weighted by Gasteiger charge is -2.29. The lowest BCUT2D eigenvalue weighted by atomic mass is 9.98. The Hall–Kier alpha value is -3.02. The maximum absolute atomic E-state index is 6.65. The van der Waals surface area contributed by atoms with Gasteiger partial charge in [0.15, 0.2) is 0 Å². The van der Waals surface area contributed by atoms with Gasteiger partial charge in [-0.2, -0.15) is 0 Å². The van der Waals surface area contributed by atoms with Crippen LogP contribution in [0.3, 0.4) is 0 Å². The summed E-state index contributed by atoms with van der Waals surface area (Å²) in [5, 5.41) is 5.05. The minimum absolute atomic E-state index is 0.691. The maximum atomic E-state index is 6.65. The van der Waals surface area contributed by atoms with Crippen molar-refractivity contribution in [2.24, 2.45) is 7.05 Å². The average Bonchev–Trinajstić information content (AvgIpc) is 3.08. The molecule has 5 nitrogen and oxygen atoms in total. The molecule has 1 fully saturated rings. The van der Waals surface area contributed by atoms with Crippen molar-refractivity contribution in [2.75, 3.05) is 36.8 Å². The molecule has 2 aromatic carbocycles. The van der Waals surface area contributed by atoms with Gasteiger partial charge in [0, 0.05) is 61.7 Å². The highest BCUT2D eigenvalue weighted by molar-refractivity contribution is 6.37. The summed E-state index contributed by atoms with van der Waals surface area (Å²) >= 11 is 6.65. The monoisotopic (exact) mass is 417 g/mol. The van der Waals surface area contributed by atoms with E-state index in [-0.39, 0.29) is 0 Å². The van der Waals surface area contributed by atoms with Crippen LogP contribution in [0.4, 0.5) is 11.4 Å². The van der Waals surface area contributed by atoms with E-state index in [1.54, 1.807) is 6.20 Å². The Balaban J connectivity index is 1.70. The molecule has 0 radical (unpaired) electrons. The predicted molar refractivity (Wildman–Crippen MR) is 126 cm³/mol. The quantitative estimate of drug-likeness (QED) is 0.480. The summed E-state index contributed by atoms with van der Waals surface area (Å²) < 4.78 is 2.12. The average molecular weight is 418 g/mol. The number of anilines is 2. The Morgan fingerprint density at radius 2 is 1.77 bits per heavy atom. The number of piperazine rings is 1. The summed E-state index contributed by atoms with van der Waals surface area (Å²) in [5.74, 6) is 0. The second kappa shape index (κ2) is 7.67. The fraction of sp³-hybridized carbons (Fsp3) is 0.208. The lowest BCUT2D eigenvalue weighted by Crippen LogP contribution is -2.43. The lowest BCUT2D eigenvalue weighted by molar-refractivity contribution is 0.589. The highest BCUT2D eigenvalue weighted by Gasteiger charge is 2.21. The molecule has 0 bridgehead atoms. The molecule has 3 heterocycles. The molecule has 3 N–H and O–H groups in total. The van der Waals surface area contributed by atoms with Crippen molar-refractivity contribution in [3.63, 3.8) is 0 Å². The number of halogens is 1. The number of hydrogen-bond acceptors (Lipinski definition) is 4. The van der Waals surface area contributed by atoms with E-state index in [4.69, 9.17) is 17.3 Å². The van der Waals surface area contributed by atoms with E-state index in [2.05, 4.69) is 50.1 Å². The van der Waals surface area contributed by atoms with E-state index in [1.807, 2.05) is 31.3 Å². The Morgan fingerprint density at radius 3 is 2.50 bits per heavy atom. The number of hydrogen-bond donors (Lipinski definition) is 2. The Morgan fingerprint density at radius 1 is 1.00 bits per heavy atom. The van der Waals surface area contributed by atoms with Crippen molar-refractivity contribution < 1.29 is 0 Å². The standard InChI is InChI=1S/C24H24ClN5/c1-29-23(16-5-7-19(8-6-16)30-13-11-27-12-14-30)21(17-3-2-4-18(26)15-17)22-20(25)9-10-28-24(22)29/h2-10,15,27H,11-14,26H2,1H3. The van der Waals surface area contributed by atoms with Crippen molar-refractivity contribution in [1.82, 2.24) is 14.9 Å². The SMILES string of the molecule is Cn1c(-c2ccc(N3CCNCC3)cc2)c(-c2cccc(N)c2)c2c(Cl)ccnc21. The van der Waals surface area contributed by atoms with E-state index >= 15 is 0 Å². The summed E-state index contributed by atoms with van der Waals surface area (Å²) in [6.45, 7) is 4.10. The van der Waals surface area contributed by atoms with Gasteiger partial charge in [-0.25, -0.2) is 4.98 Å². The summed E-state index contributed by atoms with van der Waals surface area (Å²) in [7, 11) is 2.04. The van der Waals surface area contributed by atoms with Gasteiger partial charge in [0.1, 0.15) is 5.65 Å². The highest BCUT2D eigenvalue weighted by Crippen LogP contribution is 2.43. The van der Waals surface area contributed by atoms with Gasteiger partial charge in [-0.1, -0.05) is 35.9 Å². The number of rotatable bonds is 3. The third kappa shape index (κ3) is 3.20. The number of nitrogen functional groups attached to an aromatic ring is 1. The number of pyridine rings is 1. The fourth-order valence-electron chi connectivity index (χ4n) is 4.37. The first-order chi connectivity index (χ1) is 14.6. The van der Waals surface area contributed by atoms with Gasteiger partial charge < -0.3 is 20.5 Å². The number of benzene rings is 2. The van der Waals surface area contributed by atoms with E-state index in [9.17, 15) is 0 Å². The minimum Gasteiger partial charge on any atom is -0.399 e. The number of nitrogens with zero attached hydrogens (tertiary/aromatic N) is 3. The van der Waals surface area contributed by atoms with E-state index in [0.29, 0.717) is 5.02 Å². The number of aryl methyl sites for hydroxylation is 1. The minimum atomic E-state index is 0.691. The Kier molecular flexibility index (Phi) is 4.85. The van der Waals surface area contributed by atoms with Gasteiger partial charge in [0.05, 0.1) is 10.7 Å². The van der Waals surface area contributed by atoms with Crippen LogP contribution in [0.2, 0.25) is 5.02 Å². The van der Waals surface area contributed by atoms with Crippen LogP contribution in [0.5, 0.6) is 0 Å². The van der Waals surface area contributed by atoms with Crippen LogP contribution in [-0.4, -0.2) is 35.7 Å². The van der Waals surface area contributed by atoms with E-state index in [1.165, 1.54) is 5.69 Å². The molecule has 1 aliphatic heterocycles. The van der Waals surface area contributed by atoms with Crippen LogP contribution < -0.4 is 16.0 Å². The van der Waals surface area contributed by atoms with Gasteiger partial charge >= 0.3 is 0 Å². The second-order valence-corrected chi connectivity index (χ2v) is 8.09. The van der Waals surface area contributed by atoms with Crippen molar-refractivity contribution in [2.45, 2.75) is 0 Å². The molecule has 4 aromatic rings. The van der Waals surface area contributed by atoms with Gasteiger partial charge in [0.2, 0.25) is 0 Å². The molecule has 0 spiro atoms. The van der Waals surface area contributed by atoms with Crippen LogP contribution in [0.15, 0.2) is 60.8 Å². The first kappa shape index (κ1) is 19.0. The van der Waals surface area contributed by atoms with Crippen LogP contribution in [0, 0.1) is 0 Å². The van der Waals surface area contributed by atoms with Crippen LogP contribution in [0.25, 0.3) is 33.4 Å². The third-order valence-corrected chi connectivity index (χ3v) is 6.13. The molecule has 152 valence electrons. The third-order valence-electron chi connectivity index (χ3n) is 5.82. The topological polar surface area (TPSA) is 59.1 Å². The number of nitrogens with two attached hydrogens (primary N) is 1. The molecule has 0 atom stereocenters. The zero-order valence-corrected chi connectivity index (χ0v) is 17.7. The normalized spacial score (nSPS) is 14.4. The van der Waals surface area contributed by atoms with Gasteiger partial charge in [-0.05, 0) is 41.5 Å². The number of nitrogens with one attached hydrogen (secondary N) is 1. The van der Waals surface area contributed by atoms with Crippen molar-refractivity contribution in [3.05, 3.63) is 65.8 Å². The van der Waals surface area contributed by atoms with Crippen molar-refractivity contribution in [3.8, 4) is 22.4 Å². The van der Waals surface area contributed by atoms with E-state index < -0.39 is 0 Å². The molecule has 0 aliphatic carbocycles. The molecule has 0 saturated carbocycles. The first-order valence-corrected chi connectivity index (χ1v) is 10.6. The van der Waals surface area contributed by atoms with Crippen LogP contribution in [0.1, 0.15) is 0 Å². The summed E-state index contributed by atoms with van der Waals surface area (Å²) in [6.07, 6.45) is 1.76. The molecule has 1 aliphatic rings. The smallest absolute Gasteiger partial charge is 0.142 e. The van der Waals surface area contributed by atoms with Gasteiger partial charge in [0.25, 0.3) is 0 Å². The zero-order chi connectivity index (χ0) is 20.7. The molecule has 6 heteroatoms. The maximum Gasteiger partial charge on any atom is 0.142 e. The first-order valence-electron chi connectivity index (χ1n) is 10.2. The Labute approximate surface area is 181 Å². The fourth-order valence-corrected chi connectivity index (χ4v) is 4.61. The Bertz CT molecular complexity index is 1210. The number of aromatic nitrogens is 2. The molecular weight excluding hydrogens is 394 g/mol. The summed E-state index contributed by atoms with van der Waals surface area (Å²) in [6, 6.07) is 18.6. The molecule has 5 rings (SSSR count). The van der Waals surface area contributed by atoms with Gasteiger partial charge in [-0.15, -0.1) is 0 Å². The zero-order valence-electron chi connectivity index (χ0n) is 16.9. The second-order valence-electron chi connectivity index (χ2n) is 7.68. The largest absolute Gasteiger partial charge is 0.399 e. The number of fused-ring (bicyclic) bond motifs is 1. The van der Waals surface area contributed by atoms with Crippen LogP contribution in [-0.2, 0) is 7.05 Å². The predicted octanol–water partition coefficient (Wildman–Crippen LogP) is 4.55. The van der Waals surface area contributed by atoms with Crippen molar-refractivity contribution in [1.29, 1.82) is 0 Å². The van der Waals surface area contributed by atoms with Crippen LogP contribution >= 0.6 is 11.6 Å². The molecule has 2 aromatic heterocycles. The molecule has 30 heavy (non-hydrogen) atoms. The summed E-state index contributed by atoms with van der Waals surface area (Å²) in [4.78, 5) is 7.04. The molecular formula is C24H24ClN5. The van der Waals surface area contributed by atoms with Crippen molar-refractivity contribution >= 4 is 34.0 Å². The summed E-state index contributed by atoms with van der Waals surface area (Å²) in [5.41, 5.74) is 13.3. The highest BCUT2D eigenvalue weighted by atomic mass is 35.5. The van der Waals surface area contributed by atoms with Gasteiger partial charge in [-0.3, -0.25) is 0 Å². The molecule has 1 saturated heterocycles. The molecule has 0 unspecified atom stereocenters. The molecule has 0 amide bonds. The van der Waals surface area contributed by atoms with E-state index in [0.717, 1.165) is 65.3 Å².